The van der Waals surface area contributed by atoms with E-state index >= 15 is 0 Å². The lowest BCUT2D eigenvalue weighted by Crippen LogP contribution is -2.54. The highest BCUT2D eigenvalue weighted by Crippen LogP contribution is 2.27. The van der Waals surface area contributed by atoms with E-state index in [4.69, 9.17) is 18.9 Å². The Labute approximate surface area is 195 Å². The first-order valence-electron chi connectivity index (χ1n) is 11.3. The summed E-state index contributed by atoms with van der Waals surface area (Å²) in [6.07, 6.45) is -0.288. The first-order valence-corrected chi connectivity index (χ1v) is 11.3. The minimum Gasteiger partial charge on any atom is -0.374 e. The zero-order valence-electron chi connectivity index (χ0n) is 18.6. The van der Waals surface area contributed by atoms with Crippen molar-refractivity contribution in [3.63, 3.8) is 0 Å². The van der Waals surface area contributed by atoms with Crippen LogP contribution < -0.4 is 0 Å². The molecule has 5 nitrogen and oxygen atoms in total. The SMILES string of the molecule is O=C[C@H]1CO[C@H](COCc2ccccc2)[C@@H](OCc2ccccc2)[C@@H]1OCc1ccccc1. The first kappa shape index (κ1) is 23.3. The monoisotopic (exact) mass is 446 g/mol. The number of aldehydes is 1. The molecule has 1 fully saturated rings. The summed E-state index contributed by atoms with van der Waals surface area (Å²) < 4.78 is 24.6. The molecule has 0 aliphatic carbocycles. The molecule has 0 N–H and O–H groups in total. The lowest BCUT2D eigenvalue weighted by atomic mass is 9.93. The summed E-state index contributed by atoms with van der Waals surface area (Å²) in [5.74, 6) is -0.403. The van der Waals surface area contributed by atoms with Crippen molar-refractivity contribution in [3.05, 3.63) is 108 Å². The third kappa shape index (κ3) is 6.83. The van der Waals surface area contributed by atoms with Crippen molar-refractivity contribution < 1.29 is 23.7 Å². The maximum Gasteiger partial charge on any atom is 0.128 e. The zero-order valence-corrected chi connectivity index (χ0v) is 18.6. The fourth-order valence-corrected chi connectivity index (χ4v) is 3.96. The molecule has 3 aromatic rings. The van der Waals surface area contributed by atoms with Gasteiger partial charge in [-0.25, -0.2) is 0 Å². The maximum absolute atomic E-state index is 11.9. The van der Waals surface area contributed by atoms with Gasteiger partial charge in [0.05, 0.1) is 45.1 Å². The van der Waals surface area contributed by atoms with Gasteiger partial charge in [-0.1, -0.05) is 91.0 Å². The zero-order chi connectivity index (χ0) is 22.7. The maximum atomic E-state index is 11.9. The Balaban J connectivity index is 1.45. The largest absolute Gasteiger partial charge is 0.374 e. The predicted molar refractivity (Wildman–Crippen MR) is 125 cm³/mol. The quantitative estimate of drug-likeness (QED) is 0.403. The van der Waals surface area contributed by atoms with Crippen molar-refractivity contribution in [2.75, 3.05) is 13.2 Å². The molecule has 0 spiro atoms. The summed E-state index contributed by atoms with van der Waals surface area (Å²) in [6, 6.07) is 29.9. The Bertz CT molecular complexity index is 948. The average molecular weight is 447 g/mol. The third-order valence-corrected chi connectivity index (χ3v) is 5.75. The van der Waals surface area contributed by atoms with Gasteiger partial charge < -0.3 is 23.7 Å². The molecule has 1 aliphatic heterocycles. The van der Waals surface area contributed by atoms with Crippen molar-refractivity contribution in [2.45, 2.75) is 38.1 Å². The standard InChI is InChI=1S/C28H30O5/c29-16-25-20-31-26(21-30-17-22-10-4-1-5-11-22)28(33-19-24-14-8-3-9-15-24)27(25)32-18-23-12-6-2-7-13-23/h1-16,25-28H,17-21H2/t25-,26+,27+,28+/m0/s1. The summed E-state index contributed by atoms with van der Waals surface area (Å²) in [6.45, 7) is 1.93. The van der Waals surface area contributed by atoms with E-state index in [1.807, 2.05) is 91.0 Å². The van der Waals surface area contributed by atoms with Gasteiger partial charge in [-0.05, 0) is 16.7 Å². The van der Waals surface area contributed by atoms with Crippen molar-refractivity contribution in [2.24, 2.45) is 5.92 Å². The van der Waals surface area contributed by atoms with Gasteiger partial charge in [0.25, 0.3) is 0 Å². The van der Waals surface area contributed by atoms with Crippen LogP contribution in [0.4, 0.5) is 0 Å². The minimum absolute atomic E-state index is 0.285. The van der Waals surface area contributed by atoms with Gasteiger partial charge in [-0.2, -0.15) is 0 Å². The second kappa shape index (κ2) is 12.4. The summed E-state index contributed by atoms with van der Waals surface area (Å²) >= 11 is 0. The van der Waals surface area contributed by atoms with Crippen molar-refractivity contribution in [1.29, 1.82) is 0 Å². The predicted octanol–water partition coefficient (Wildman–Crippen LogP) is 4.59. The molecule has 5 heteroatoms. The first-order chi connectivity index (χ1) is 16.3. The number of ether oxygens (including phenoxy) is 4. The van der Waals surface area contributed by atoms with E-state index in [0.29, 0.717) is 26.4 Å². The highest BCUT2D eigenvalue weighted by Gasteiger charge is 2.42. The number of carbonyl (C=O) groups excluding carboxylic acids is 1. The van der Waals surface area contributed by atoms with E-state index in [1.165, 1.54) is 0 Å². The molecule has 3 aromatic carbocycles. The topological polar surface area (TPSA) is 54.0 Å². The fraction of sp³-hybridized carbons (Fsp3) is 0.321. The number of hydrogen-bond donors (Lipinski definition) is 0. The Morgan fingerprint density at radius 1 is 0.697 bits per heavy atom. The van der Waals surface area contributed by atoms with Crippen LogP contribution in [0.2, 0.25) is 0 Å². The van der Waals surface area contributed by atoms with E-state index < -0.39 is 18.1 Å². The van der Waals surface area contributed by atoms with Crippen molar-refractivity contribution in [3.8, 4) is 0 Å². The normalized spacial score (nSPS) is 22.7. The molecule has 0 radical (unpaired) electrons. The molecular formula is C28H30O5. The Morgan fingerprint density at radius 2 is 1.18 bits per heavy atom. The van der Waals surface area contributed by atoms with E-state index in [0.717, 1.165) is 23.0 Å². The third-order valence-electron chi connectivity index (χ3n) is 5.75. The summed E-state index contributed by atoms with van der Waals surface area (Å²) in [7, 11) is 0. The molecule has 0 amide bonds. The van der Waals surface area contributed by atoms with Crippen LogP contribution in [0.5, 0.6) is 0 Å². The summed E-state index contributed by atoms with van der Waals surface area (Å²) in [4.78, 5) is 11.9. The van der Waals surface area contributed by atoms with Crippen molar-refractivity contribution in [1.82, 2.24) is 0 Å². The summed E-state index contributed by atoms with van der Waals surface area (Å²) in [5.41, 5.74) is 3.20. The molecule has 4 atom stereocenters. The van der Waals surface area contributed by atoms with Crippen LogP contribution in [0.15, 0.2) is 91.0 Å². The number of rotatable bonds is 11. The van der Waals surface area contributed by atoms with Crippen LogP contribution in [0.25, 0.3) is 0 Å². The molecule has 1 aliphatic rings. The second-order valence-corrected chi connectivity index (χ2v) is 8.19. The van der Waals surface area contributed by atoms with Gasteiger partial charge in [-0.3, -0.25) is 0 Å². The Kier molecular flexibility index (Phi) is 8.78. The summed E-state index contributed by atoms with van der Waals surface area (Å²) in [5, 5.41) is 0. The molecule has 0 aromatic heterocycles. The molecule has 0 bridgehead atoms. The highest BCUT2D eigenvalue weighted by molar-refractivity contribution is 5.55. The van der Waals surface area contributed by atoms with E-state index in [1.54, 1.807) is 0 Å². The Morgan fingerprint density at radius 3 is 1.70 bits per heavy atom. The van der Waals surface area contributed by atoms with Crippen LogP contribution >= 0.6 is 0 Å². The molecule has 172 valence electrons. The minimum atomic E-state index is -0.436. The van der Waals surface area contributed by atoms with Crippen LogP contribution in [-0.4, -0.2) is 37.8 Å². The Hall–Kier alpha value is -2.83. The molecule has 33 heavy (non-hydrogen) atoms. The molecule has 0 unspecified atom stereocenters. The van der Waals surface area contributed by atoms with Gasteiger partial charge in [0, 0.05) is 0 Å². The van der Waals surface area contributed by atoms with E-state index in [9.17, 15) is 4.79 Å². The van der Waals surface area contributed by atoms with Crippen LogP contribution in [0.3, 0.4) is 0 Å². The van der Waals surface area contributed by atoms with Gasteiger partial charge in [0.1, 0.15) is 18.5 Å². The van der Waals surface area contributed by atoms with Crippen LogP contribution in [0.1, 0.15) is 16.7 Å². The van der Waals surface area contributed by atoms with Gasteiger partial charge >= 0.3 is 0 Å². The lowest BCUT2D eigenvalue weighted by Gasteiger charge is -2.40. The van der Waals surface area contributed by atoms with Crippen molar-refractivity contribution >= 4 is 6.29 Å². The molecule has 1 heterocycles. The van der Waals surface area contributed by atoms with Crippen LogP contribution in [0, 0.1) is 5.92 Å². The second-order valence-electron chi connectivity index (χ2n) is 8.19. The smallest absolute Gasteiger partial charge is 0.128 e. The highest BCUT2D eigenvalue weighted by atomic mass is 16.6. The van der Waals surface area contributed by atoms with Gasteiger partial charge in [0.2, 0.25) is 0 Å². The van der Waals surface area contributed by atoms with Gasteiger partial charge in [-0.15, -0.1) is 0 Å². The number of hydrogen-bond acceptors (Lipinski definition) is 5. The average Bonchev–Trinajstić information content (AvgIpc) is 2.88. The molecular weight excluding hydrogens is 416 g/mol. The molecule has 4 rings (SSSR count). The number of carbonyl (C=O) groups is 1. The van der Waals surface area contributed by atoms with Gasteiger partial charge in [0.15, 0.2) is 0 Å². The van der Waals surface area contributed by atoms with E-state index in [2.05, 4.69) is 0 Å². The molecule has 0 saturated carbocycles. The number of benzene rings is 3. The lowest BCUT2D eigenvalue weighted by molar-refractivity contribution is -0.215. The van der Waals surface area contributed by atoms with E-state index in [-0.39, 0.29) is 12.7 Å². The molecule has 1 saturated heterocycles. The fourth-order valence-electron chi connectivity index (χ4n) is 3.96. The van der Waals surface area contributed by atoms with Crippen LogP contribution in [-0.2, 0) is 43.6 Å².